The smallest absolute Gasteiger partial charge is 0.322 e. The van der Waals surface area contributed by atoms with Gasteiger partial charge in [0.15, 0.2) is 0 Å². The lowest BCUT2D eigenvalue weighted by Gasteiger charge is -2.21. The molecule has 0 aliphatic rings. The van der Waals surface area contributed by atoms with E-state index in [1.807, 2.05) is 5.32 Å². The van der Waals surface area contributed by atoms with Crippen molar-refractivity contribution in [3.05, 3.63) is 29.8 Å². The average molecular weight is 424 g/mol. The Morgan fingerprint density at radius 3 is 2.07 bits per heavy atom. The van der Waals surface area contributed by atoms with E-state index < -0.39 is 60.8 Å². The number of amides is 3. The number of nitrogens with one attached hydrogen (secondary N) is 3. The molecular formula is C18H24N4O8. The number of carbonyl (C=O) groups is 5. The van der Waals surface area contributed by atoms with Crippen LogP contribution < -0.4 is 21.7 Å². The monoisotopic (exact) mass is 424 g/mol. The number of carboxylic acid groups (broad SMARTS) is 2. The van der Waals surface area contributed by atoms with Gasteiger partial charge in [0.05, 0.1) is 12.5 Å². The summed E-state index contributed by atoms with van der Waals surface area (Å²) in [5.74, 6) is -5.17. The summed E-state index contributed by atoms with van der Waals surface area (Å²) in [6.07, 6.45) is -0.641. The number of carbonyl (C=O) groups excluding carboxylic acids is 3. The molecule has 0 heterocycles. The highest BCUT2D eigenvalue weighted by atomic mass is 16.4. The number of carboxylic acids is 2. The quantitative estimate of drug-likeness (QED) is 0.208. The van der Waals surface area contributed by atoms with E-state index in [2.05, 4.69) is 10.6 Å². The molecule has 0 bridgehead atoms. The summed E-state index contributed by atoms with van der Waals surface area (Å²) in [4.78, 5) is 57.8. The SMILES string of the molecule is CC(NC(=O)C(N)Cc1ccc(O)cc1)C(=O)NC(CC(=O)O)C(=O)NCC(=O)O. The van der Waals surface area contributed by atoms with Crippen molar-refractivity contribution in [2.75, 3.05) is 6.54 Å². The number of phenols is 1. The van der Waals surface area contributed by atoms with Gasteiger partial charge in [-0.05, 0) is 31.0 Å². The summed E-state index contributed by atoms with van der Waals surface area (Å²) in [6, 6.07) is 2.38. The van der Waals surface area contributed by atoms with E-state index in [1.165, 1.54) is 19.1 Å². The maximum Gasteiger partial charge on any atom is 0.322 e. The first-order chi connectivity index (χ1) is 14.0. The summed E-state index contributed by atoms with van der Waals surface area (Å²) >= 11 is 0. The summed E-state index contributed by atoms with van der Waals surface area (Å²) < 4.78 is 0. The number of hydrogen-bond acceptors (Lipinski definition) is 7. The fraction of sp³-hybridized carbons (Fsp3) is 0.389. The Kier molecular flexibility index (Phi) is 9.23. The lowest BCUT2D eigenvalue weighted by atomic mass is 10.1. The van der Waals surface area contributed by atoms with Crippen molar-refractivity contribution in [1.29, 1.82) is 0 Å². The minimum absolute atomic E-state index is 0.0605. The van der Waals surface area contributed by atoms with Crippen LogP contribution in [0.1, 0.15) is 18.9 Å². The largest absolute Gasteiger partial charge is 0.508 e. The Morgan fingerprint density at radius 1 is 0.933 bits per heavy atom. The molecule has 3 amide bonds. The number of nitrogens with two attached hydrogens (primary N) is 1. The number of aliphatic carboxylic acids is 2. The van der Waals surface area contributed by atoms with Crippen LogP contribution in [0.15, 0.2) is 24.3 Å². The maximum absolute atomic E-state index is 12.2. The van der Waals surface area contributed by atoms with E-state index >= 15 is 0 Å². The number of rotatable bonds is 11. The van der Waals surface area contributed by atoms with Gasteiger partial charge in [0.25, 0.3) is 0 Å². The summed E-state index contributed by atoms with van der Waals surface area (Å²) in [5, 5.41) is 33.2. The lowest BCUT2D eigenvalue weighted by molar-refractivity contribution is -0.141. The minimum atomic E-state index is -1.53. The van der Waals surface area contributed by atoms with Crippen LogP contribution in [0.5, 0.6) is 5.75 Å². The highest BCUT2D eigenvalue weighted by Gasteiger charge is 2.27. The first-order valence-corrected chi connectivity index (χ1v) is 8.85. The first-order valence-electron chi connectivity index (χ1n) is 8.85. The van der Waals surface area contributed by atoms with E-state index in [0.717, 1.165) is 0 Å². The van der Waals surface area contributed by atoms with Gasteiger partial charge in [0.2, 0.25) is 17.7 Å². The zero-order valence-corrected chi connectivity index (χ0v) is 16.1. The standard InChI is InChI=1S/C18H24N4O8/c1-9(21-17(29)12(19)6-10-2-4-11(23)5-3-10)16(28)22-13(7-14(24)25)18(30)20-8-15(26)27/h2-5,9,12-13,23H,6-8,19H2,1H3,(H,20,30)(H,21,29)(H,22,28)(H,24,25)(H,26,27). The van der Waals surface area contributed by atoms with Gasteiger partial charge in [-0.1, -0.05) is 12.1 Å². The van der Waals surface area contributed by atoms with Crippen LogP contribution >= 0.6 is 0 Å². The molecule has 0 fully saturated rings. The fourth-order valence-electron chi connectivity index (χ4n) is 2.33. The predicted octanol–water partition coefficient (Wildman–Crippen LogP) is -2.07. The molecule has 0 aromatic heterocycles. The highest BCUT2D eigenvalue weighted by Crippen LogP contribution is 2.11. The van der Waals surface area contributed by atoms with Crippen LogP contribution in [0.25, 0.3) is 0 Å². The number of hydrogen-bond donors (Lipinski definition) is 7. The zero-order chi connectivity index (χ0) is 22.8. The normalized spacial score (nSPS) is 13.4. The Bertz CT molecular complexity index is 796. The average Bonchev–Trinajstić information content (AvgIpc) is 2.66. The molecule has 0 spiro atoms. The second-order valence-corrected chi connectivity index (χ2v) is 6.48. The van der Waals surface area contributed by atoms with Gasteiger partial charge in [-0.2, -0.15) is 0 Å². The first kappa shape index (κ1) is 24.4. The molecule has 0 radical (unpaired) electrons. The van der Waals surface area contributed by atoms with Crippen molar-refractivity contribution >= 4 is 29.7 Å². The molecule has 8 N–H and O–H groups in total. The van der Waals surface area contributed by atoms with Crippen LogP contribution in [0.3, 0.4) is 0 Å². The fourth-order valence-corrected chi connectivity index (χ4v) is 2.33. The second-order valence-electron chi connectivity index (χ2n) is 6.48. The van der Waals surface area contributed by atoms with Crippen molar-refractivity contribution < 1.29 is 39.3 Å². The third-order valence-electron chi connectivity index (χ3n) is 3.91. The summed E-state index contributed by atoms with van der Waals surface area (Å²) in [7, 11) is 0. The van der Waals surface area contributed by atoms with Gasteiger partial charge in [-0.3, -0.25) is 24.0 Å². The van der Waals surface area contributed by atoms with E-state index in [1.54, 1.807) is 12.1 Å². The Morgan fingerprint density at radius 2 is 1.53 bits per heavy atom. The Labute approximate surface area is 171 Å². The van der Waals surface area contributed by atoms with E-state index in [0.29, 0.717) is 5.56 Å². The van der Waals surface area contributed by atoms with E-state index in [-0.39, 0.29) is 12.2 Å². The molecule has 30 heavy (non-hydrogen) atoms. The second kappa shape index (κ2) is 11.4. The molecule has 3 atom stereocenters. The van der Waals surface area contributed by atoms with Crippen molar-refractivity contribution in [3.63, 3.8) is 0 Å². The van der Waals surface area contributed by atoms with Crippen molar-refractivity contribution in [2.45, 2.75) is 37.9 Å². The number of phenolic OH excluding ortho intramolecular Hbond substituents is 1. The van der Waals surface area contributed by atoms with Gasteiger partial charge in [-0.25, -0.2) is 0 Å². The van der Waals surface area contributed by atoms with Crippen molar-refractivity contribution in [1.82, 2.24) is 16.0 Å². The van der Waals surface area contributed by atoms with Crippen molar-refractivity contribution in [2.24, 2.45) is 5.73 Å². The Balaban J connectivity index is 2.65. The molecule has 1 rings (SSSR count). The van der Waals surface area contributed by atoms with Gasteiger partial charge in [0.1, 0.15) is 24.4 Å². The number of benzene rings is 1. The molecule has 12 heteroatoms. The minimum Gasteiger partial charge on any atom is -0.508 e. The van der Waals surface area contributed by atoms with Crippen LogP contribution in [0.4, 0.5) is 0 Å². The van der Waals surface area contributed by atoms with E-state index in [9.17, 15) is 29.1 Å². The number of aromatic hydroxyl groups is 1. The Hall–Kier alpha value is -3.67. The molecule has 1 aromatic carbocycles. The van der Waals surface area contributed by atoms with Gasteiger partial charge in [0, 0.05) is 0 Å². The van der Waals surface area contributed by atoms with Crippen LogP contribution in [0.2, 0.25) is 0 Å². The van der Waals surface area contributed by atoms with Crippen LogP contribution in [-0.2, 0) is 30.4 Å². The molecule has 0 saturated heterocycles. The highest BCUT2D eigenvalue weighted by molar-refractivity contribution is 5.95. The van der Waals surface area contributed by atoms with Crippen LogP contribution in [-0.4, -0.2) is 69.7 Å². The zero-order valence-electron chi connectivity index (χ0n) is 16.1. The van der Waals surface area contributed by atoms with Gasteiger partial charge in [-0.15, -0.1) is 0 Å². The van der Waals surface area contributed by atoms with Gasteiger partial charge >= 0.3 is 11.9 Å². The third kappa shape index (κ3) is 8.56. The molecule has 12 nitrogen and oxygen atoms in total. The van der Waals surface area contributed by atoms with Crippen molar-refractivity contribution in [3.8, 4) is 5.75 Å². The maximum atomic E-state index is 12.2. The summed E-state index contributed by atoms with van der Waals surface area (Å²) in [6.45, 7) is 0.566. The molecule has 0 aliphatic carbocycles. The third-order valence-corrected chi connectivity index (χ3v) is 3.91. The molecule has 164 valence electrons. The molecule has 3 unspecified atom stereocenters. The molecule has 1 aromatic rings. The van der Waals surface area contributed by atoms with Crippen LogP contribution in [0, 0.1) is 0 Å². The van der Waals surface area contributed by atoms with Gasteiger partial charge < -0.3 is 37.0 Å². The molecule has 0 saturated carbocycles. The molecule has 0 aliphatic heterocycles. The van der Waals surface area contributed by atoms with E-state index in [4.69, 9.17) is 15.9 Å². The predicted molar refractivity (Wildman–Crippen MR) is 102 cm³/mol. The topological polar surface area (TPSA) is 208 Å². The summed E-state index contributed by atoms with van der Waals surface area (Å²) in [5.41, 5.74) is 6.50. The lowest BCUT2D eigenvalue weighted by Crippen LogP contribution is -2.55. The molecular weight excluding hydrogens is 400 g/mol.